The van der Waals surface area contributed by atoms with Gasteiger partial charge in [-0.1, -0.05) is 26.2 Å². The van der Waals surface area contributed by atoms with Gasteiger partial charge in [-0.05, 0) is 38.0 Å². The van der Waals surface area contributed by atoms with E-state index in [1.54, 1.807) is 0 Å². The molecule has 0 radical (unpaired) electrons. The minimum atomic E-state index is -0.376. The predicted molar refractivity (Wildman–Crippen MR) is 75.5 cm³/mol. The lowest BCUT2D eigenvalue weighted by atomic mass is 9.77. The highest BCUT2D eigenvalue weighted by Crippen LogP contribution is 2.29. The second-order valence-corrected chi connectivity index (χ2v) is 6.48. The summed E-state index contributed by atoms with van der Waals surface area (Å²) < 4.78 is 0. The summed E-state index contributed by atoms with van der Waals surface area (Å²) in [6.07, 6.45) is 7.51. The fraction of sp³-hybridized carbons (Fsp3) is 0.933. The van der Waals surface area contributed by atoms with Crippen molar-refractivity contribution in [3.63, 3.8) is 0 Å². The van der Waals surface area contributed by atoms with Gasteiger partial charge in [-0.2, -0.15) is 0 Å². The Morgan fingerprint density at radius 3 is 2.68 bits per heavy atom. The first-order chi connectivity index (χ1) is 9.08. The van der Waals surface area contributed by atoms with Crippen LogP contribution in [0.1, 0.15) is 58.3 Å². The van der Waals surface area contributed by atoms with E-state index in [4.69, 9.17) is 5.73 Å². The Kier molecular flexibility index (Phi) is 5.22. The summed E-state index contributed by atoms with van der Waals surface area (Å²) in [6, 6.07) is 0.103. The van der Waals surface area contributed by atoms with E-state index in [1.807, 2.05) is 0 Å². The third kappa shape index (κ3) is 3.93. The molecule has 2 fully saturated rings. The van der Waals surface area contributed by atoms with E-state index in [0.717, 1.165) is 51.4 Å². The zero-order valence-electron chi connectivity index (χ0n) is 12.0. The molecule has 5 atom stereocenters. The lowest BCUT2D eigenvalue weighted by Crippen LogP contribution is -2.48. The third-order valence-electron chi connectivity index (χ3n) is 4.88. The molecule has 0 aromatic heterocycles. The standard InChI is InChI=1S/C15H28N2O2/c1-10-7-8-11(16)9-12(10)15(19)17-13-5-3-2-4-6-14(13)18/h10-14,18H,2-9,16H2,1H3,(H,17,19). The van der Waals surface area contributed by atoms with Crippen LogP contribution in [0.3, 0.4) is 0 Å². The van der Waals surface area contributed by atoms with Crippen molar-refractivity contribution in [1.82, 2.24) is 5.32 Å². The van der Waals surface area contributed by atoms with Crippen LogP contribution < -0.4 is 11.1 Å². The number of amides is 1. The van der Waals surface area contributed by atoms with Gasteiger partial charge in [-0.25, -0.2) is 0 Å². The minimum Gasteiger partial charge on any atom is -0.391 e. The van der Waals surface area contributed by atoms with Gasteiger partial charge in [0.15, 0.2) is 0 Å². The zero-order valence-corrected chi connectivity index (χ0v) is 12.0. The van der Waals surface area contributed by atoms with Crippen molar-refractivity contribution >= 4 is 5.91 Å². The maximum atomic E-state index is 12.4. The van der Waals surface area contributed by atoms with Crippen molar-refractivity contribution in [2.24, 2.45) is 17.6 Å². The number of nitrogens with one attached hydrogen (secondary N) is 1. The van der Waals surface area contributed by atoms with Gasteiger partial charge in [0.05, 0.1) is 12.1 Å². The number of hydrogen-bond donors (Lipinski definition) is 3. The Morgan fingerprint density at radius 2 is 1.89 bits per heavy atom. The second kappa shape index (κ2) is 6.71. The molecule has 19 heavy (non-hydrogen) atoms. The molecule has 2 saturated carbocycles. The summed E-state index contributed by atoms with van der Waals surface area (Å²) in [5, 5.41) is 13.2. The first kappa shape index (κ1) is 14.8. The lowest BCUT2D eigenvalue weighted by Gasteiger charge is -2.33. The Morgan fingerprint density at radius 1 is 1.16 bits per heavy atom. The maximum Gasteiger partial charge on any atom is 0.223 e. The largest absolute Gasteiger partial charge is 0.391 e. The lowest BCUT2D eigenvalue weighted by molar-refractivity contribution is -0.129. The van der Waals surface area contributed by atoms with Gasteiger partial charge in [0, 0.05) is 12.0 Å². The first-order valence-corrected chi connectivity index (χ1v) is 7.82. The highest BCUT2D eigenvalue weighted by molar-refractivity contribution is 5.79. The quantitative estimate of drug-likeness (QED) is 0.665. The average Bonchev–Trinajstić information content (AvgIpc) is 2.58. The molecule has 4 heteroatoms. The van der Waals surface area contributed by atoms with Gasteiger partial charge in [-0.3, -0.25) is 4.79 Å². The van der Waals surface area contributed by atoms with Crippen molar-refractivity contribution in [2.45, 2.75) is 76.5 Å². The van der Waals surface area contributed by atoms with Crippen LogP contribution in [0.2, 0.25) is 0 Å². The molecule has 0 aliphatic heterocycles. The fourth-order valence-corrected chi connectivity index (χ4v) is 3.47. The van der Waals surface area contributed by atoms with Crippen LogP contribution in [0.4, 0.5) is 0 Å². The normalized spacial score (nSPS) is 40.5. The summed E-state index contributed by atoms with van der Waals surface area (Å²) in [6.45, 7) is 2.14. The van der Waals surface area contributed by atoms with E-state index >= 15 is 0 Å². The van der Waals surface area contributed by atoms with E-state index in [9.17, 15) is 9.90 Å². The Bertz CT molecular complexity index is 309. The molecule has 0 spiro atoms. The number of aliphatic hydroxyl groups excluding tert-OH is 1. The summed E-state index contributed by atoms with van der Waals surface area (Å²) in [5.74, 6) is 0.538. The Hall–Kier alpha value is -0.610. The molecule has 1 amide bonds. The van der Waals surface area contributed by atoms with Gasteiger partial charge in [0.2, 0.25) is 5.91 Å². The van der Waals surface area contributed by atoms with Gasteiger partial charge in [-0.15, -0.1) is 0 Å². The monoisotopic (exact) mass is 268 g/mol. The molecular formula is C15H28N2O2. The van der Waals surface area contributed by atoms with Gasteiger partial charge in [0.1, 0.15) is 0 Å². The number of hydrogen-bond acceptors (Lipinski definition) is 3. The summed E-state index contributed by atoms with van der Waals surface area (Å²) in [7, 11) is 0. The van der Waals surface area contributed by atoms with Crippen molar-refractivity contribution in [2.75, 3.05) is 0 Å². The average molecular weight is 268 g/mol. The van der Waals surface area contributed by atoms with Gasteiger partial charge >= 0.3 is 0 Å². The first-order valence-electron chi connectivity index (χ1n) is 7.82. The molecule has 4 N–H and O–H groups in total. The Labute approximate surface area is 116 Å². The van der Waals surface area contributed by atoms with E-state index < -0.39 is 0 Å². The molecule has 0 aromatic rings. The van der Waals surface area contributed by atoms with Crippen LogP contribution in [0.25, 0.3) is 0 Å². The Balaban J connectivity index is 1.91. The molecule has 2 aliphatic rings. The van der Waals surface area contributed by atoms with E-state index in [1.165, 1.54) is 0 Å². The third-order valence-corrected chi connectivity index (χ3v) is 4.88. The smallest absolute Gasteiger partial charge is 0.223 e. The fourth-order valence-electron chi connectivity index (χ4n) is 3.47. The maximum absolute atomic E-state index is 12.4. The molecular weight excluding hydrogens is 240 g/mol. The van der Waals surface area contributed by atoms with Crippen LogP contribution in [-0.2, 0) is 4.79 Å². The van der Waals surface area contributed by atoms with E-state index in [2.05, 4.69) is 12.2 Å². The molecule has 0 aromatic carbocycles. The molecule has 2 aliphatic carbocycles. The van der Waals surface area contributed by atoms with Crippen LogP contribution in [0.15, 0.2) is 0 Å². The zero-order chi connectivity index (χ0) is 13.8. The number of aliphatic hydroxyl groups is 1. The van der Waals surface area contributed by atoms with Crippen LogP contribution in [-0.4, -0.2) is 29.2 Å². The second-order valence-electron chi connectivity index (χ2n) is 6.48. The summed E-state index contributed by atoms with van der Waals surface area (Å²) in [5.41, 5.74) is 5.98. The van der Waals surface area contributed by atoms with E-state index in [0.29, 0.717) is 5.92 Å². The summed E-state index contributed by atoms with van der Waals surface area (Å²) in [4.78, 5) is 12.4. The molecule has 4 nitrogen and oxygen atoms in total. The minimum absolute atomic E-state index is 0.0270. The highest BCUT2D eigenvalue weighted by atomic mass is 16.3. The molecule has 2 rings (SSSR count). The van der Waals surface area contributed by atoms with Crippen molar-refractivity contribution < 1.29 is 9.90 Å². The van der Waals surface area contributed by atoms with Crippen molar-refractivity contribution in [3.8, 4) is 0 Å². The van der Waals surface area contributed by atoms with Crippen molar-refractivity contribution in [3.05, 3.63) is 0 Å². The topological polar surface area (TPSA) is 75.4 Å². The number of carbonyl (C=O) groups is 1. The SMILES string of the molecule is CC1CCC(N)CC1C(=O)NC1CCCCCC1O. The van der Waals surface area contributed by atoms with Gasteiger partial charge in [0.25, 0.3) is 0 Å². The summed E-state index contributed by atoms with van der Waals surface area (Å²) >= 11 is 0. The van der Waals surface area contributed by atoms with Crippen LogP contribution >= 0.6 is 0 Å². The number of rotatable bonds is 2. The molecule has 0 saturated heterocycles. The predicted octanol–water partition coefficient (Wildman–Crippen LogP) is 1.56. The molecule has 0 bridgehead atoms. The molecule has 5 unspecified atom stereocenters. The highest BCUT2D eigenvalue weighted by Gasteiger charge is 2.33. The number of nitrogens with two attached hydrogens (primary N) is 1. The van der Waals surface area contributed by atoms with E-state index in [-0.39, 0.29) is 30.0 Å². The number of carbonyl (C=O) groups excluding carboxylic acids is 1. The molecule has 110 valence electrons. The van der Waals surface area contributed by atoms with Crippen LogP contribution in [0.5, 0.6) is 0 Å². The van der Waals surface area contributed by atoms with Gasteiger partial charge < -0.3 is 16.2 Å². The van der Waals surface area contributed by atoms with Crippen molar-refractivity contribution in [1.29, 1.82) is 0 Å². The van der Waals surface area contributed by atoms with Crippen LogP contribution in [0, 0.1) is 11.8 Å². The molecule has 0 heterocycles.